The van der Waals surface area contributed by atoms with Crippen molar-refractivity contribution in [1.29, 1.82) is 0 Å². The average Bonchev–Trinajstić information content (AvgIpc) is 2.20. The SMILES string of the molecule is CC(Oc1ccc(O)cc1)C(=O)NC(N)=O. The molecule has 0 saturated heterocycles. The Balaban J connectivity index is 2.57. The topological polar surface area (TPSA) is 102 Å². The van der Waals surface area contributed by atoms with Crippen molar-refractivity contribution in [3.63, 3.8) is 0 Å². The van der Waals surface area contributed by atoms with Crippen molar-refractivity contribution in [2.45, 2.75) is 13.0 Å². The Morgan fingerprint density at radius 1 is 1.38 bits per heavy atom. The average molecular weight is 224 g/mol. The number of amides is 3. The van der Waals surface area contributed by atoms with Gasteiger partial charge in [0.2, 0.25) is 0 Å². The van der Waals surface area contributed by atoms with Gasteiger partial charge in [-0.15, -0.1) is 0 Å². The van der Waals surface area contributed by atoms with Gasteiger partial charge >= 0.3 is 6.03 Å². The molecule has 86 valence electrons. The first-order chi connectivity index (χ1) is 7.49. The largest absolute Gasteiger partial charge is 0.508 e. The Labute approximate surface area is 92.0 Å². The number of phenolic OH excluding ortho intramolecular Hbond substituents is 1. The first-order valence-corrected chi connectivity index (χ1v) is 4.55. The molecular formula is C10H12N2O4. The smallest absolute Gasteiger partial charge is 0.318 e. The maximum Gasteiger partial charge on any atom is 0.318 e. The third-order valence-corrected chi connectivity index (χ3v) is 1.77. The van der Waals surface area contributed by atoms with Crippen LogP contribution in [0.4, 0.5) is 4.79 Å². The van der Waals surface area contributed by atoms with Gasteiger partial charge in [0.1, 0.15) is 11.5 Å². The lowest BCUT2D eigenvalue weighted by atomic mass is 10.3. The molecule has 0 aliphatic rings. The number of phenols is 1. The third kappa shape index (κ3) is 3.49. The number of hydrogen-bond acceptors (Lipinski definition) is 4. The molecule has 3 amide bonds. The quantitative estimate of drug-likeness (QED) is 0.689. The number of rotatable bonds is 3. The maximum absolute atomic E-state index is 11.2. The Morgan fingerprint density at radius 3 is 2.44 bits per heavy atom. The molecule has 1 unspecified atom stereocenters. The van der Waals surface area contributed by atoms with Crippen molar-refractivity contribution in [2.75, 3.05) is 0 Å². The number of urea groups is 1. The second-order valence-electron chi connectivity index (χ2n) is 3.11. The molecule has 16 heavy (non-hydrogen) atoms. The van der Waals surface area contributed by atoms with E-state index in [0.29, 0.717) is 5.75 Å². The summed E-state index contributed by atoms with van der Waals surface area (Å²) in [6.07, 6.45) is -0.850. The minimum Gasteiger partial charge on any atom is -0.508 e. The van der Waals surface area contributed by atoms with Crippen LogP contribution in [0.25, 0.3) is 0 Å². The van der Waals surface area contributed by atoms with Gasteiger partial charge in [0.05, 0.1) is 0 Å². The van der Waals surface area contributed by atoms with Crippen LogP contribution >= 0.6 is 0 Å². The van der Waals surface area contributed by atoms with Gasteiger partial charge in [-0.25, -0.2) is 4.79 Å². The number of aromatic hydroxyl groups is 1. The highest BCUT2D eigenvalue weighted by atomic mass is 16.5. The molecule has 0 aliphatic carbocycles. The summed E-state index contributed by atoms with van der Waals surface area (Å²) in [4.78, 5) is 21.7. The highest BCUT2D eigenvalue weighted by molar-refractivity contribution is 5.95. The molecule has 0 fully saturated rings. The summed E-state index contributed by atoms with van der Waals surface area (Å²) in [7, 11) is 0. The molecule has 4 N–H and O–H groups in total. The van der Waals surface area contributed by atoms with Crippen molar-refractivity contribution in [3.8, 4) is 11.5 Å². The Bertz CT molecular complexity index is 388. The molecule has 0 aromatic heterocycles. The second kappa shape index (κ2) is 5.01. The van der Waals surface area contributed by atoms with Crippen LogP contribution in [0.15, 0.2) is 24.3 Å². The molecular weight excluding hydrogens is 212 g/mol. The number of ether oxygens (including phenoxy) is 1. The van der Waals surface area contributed by atoms with Gasteiger partial charge in [0.25, 0.3) is 5.91 Å². The molecule has 6 nitrogen and oxygen atoms in total. The molecule has 1 rings (SSSR count). The van der Waals surface area contributed by atoms with Crippen LogP contribution in [-0.2, 0) is 4.79 Å². The van der Waals surface area contributed by atoms with Crippen LogP contribution in [0.3, 0.4) is 0 Å². The second-order valence-corrected chi connectivity index (χ2v) is 3.11. The number of imide groups is 1. The number of nitrogens with two attached hydrogens (primary N) is 1. The standard InChI is InChI=1S/C10H12N2O4/c1-6(9(14)12-10(11)15)16-8-4-2-7(13)3-5-8/h2-6,13H,1H3,(H3,11,12,14,15). The zero-order chi connectivity index (χ0) is 12.1. The predicted molar refractivity (Wildman–Crippen MR) is 55.9 cm³/mol. The van der Waals surface area contributed by atoms with E-state index >= 15 is 0 Å². The lowest BCUT2D eigenvalue weighted by Crippen LogP contribution is -2.42. The lowest BCUT2D eigenvalue weighted by molar-refractivity contribution is -0.126. The van der Waals surface area contributed by atoms with Gasteiger partial charge in [0.15, 0.2) is 6.10 Å². The predicted octanol–water partition coefficient (Wildman–Crippen LogP) is 0.354. The van der Waals surface area contributed by atoms with Crippen LogP contribution < -0.4 is 15.8 Å². The van der Waals surface area contributed by atoms with E-state index in [-0.39, 0.29) is 5.75 Å². The fourth-order valence-corrected chi connectivity index (χ4v) is 1.01. The van der Waals surface area contributed by atoms with Gasteiger partial charge in [-0.1, -0.05) is 0 Å². The molecule has 0 saturated carbocycles. The number of benzene rings is 1. The van der Waals surface area contributed by atoms with Crippen molar-refractivity contribution in [1.82, 2.24) is 5.32 Å². The summed E-state index contributed by atoms with van der Waals surface area (Å²) in [6, 6.07) is 4.93. The number of nitrogens with one attached hydrogen (secondary N) is 1. The molecule has 1 aromatic rings. The van der Waals surface area contributed by atoms with E-state index < -0.39 is 18.0 Å². The molecule has 0 radical (unpaired) electrons. The van der Waals surface area contributed by atoms with Crippen LogP contribution in [0.5, 0.6) is 11.5 Å². The molecule has 0 bridgehead atoms. The Hall–Kier alpha value is -2.24. The summed E-state index contributed by atoms with van der Waals surface area (Å²) in [5.41, 5.74) is 4.78. The Morgan fingerprint density at radius 2 is 1.94 bits per heavy atom. The van der Waals surface area contributed by atoms with Gasteiger partial charge in [0, 0.05) is 0 Å². The van der Waals surface area contributed by atoms with Crippen LogP contribution in [0.1, 0.15) is 6.92 Å². The van der Waals surface area contributed by atoms with Gasteiger partial charge in [-0.05, 0) is 31.2 Å². The zero-order valence-corrected chi connectivity index (χ0v) is 8.64. The van der Waals surface area contributed by atoms with E-state index in [9.17, 15) is 9.59 Å². The summed E-state index contributed by atoms with van der Waals surface area (Å²) in [5.74, 6) is -0.118. The first-order valence-electron chi connectivity index (χ1n) is 4.55. The minimum absolute atomic E-state index is 0.0987. The summed E-state index contributed by atoms with van der Waals surface area (Å²) in [5, 5.41) is 10.9. The number of hydrogen-bond donors (Lipinski definition) is 3. The van der Waals surface area contributed by atoms with Crippen LogP contribution in [-0.4, -0.2) is 23.1 Å². The normalized spacial score (nSPS) is 11.6. The monoisotopic (exact) mass is 224 g/mol. The van der Waals surface area contributed by atoms with E-state index in [1.807, 2.05) is 5.32 Å². The minimum atomic E-state index is -0.925. The molecule has 0 heterocycles. The number of carbonyl (C=O) groups is 2. The molecule has 1 aromatic carbocycles. The molecule has 0 aliphatic heterocycles. The maximum atomic E-state index is 11.2. The summed E-state index contributed by atoms with van der Waals surface area (Å²) >= 11 is 0. The van der Waals surface area contributed by atoms with Crippen LogP contribution in [0, 0.1) is 0 Å². The first kappa shape index (κ1) is 11.8. The van der Waals surface area contributed by atoms with E-state index in [2.05, 4.69) is 0 Å². The molecule has 0 spiro atoms. The van der Waals surface area contributed by atoms with Gasteiger partial charge in [-0.2, -0.15) is 0 Å². The molecule has 6 heteroatoms. The van der Waals surface area contributed by atoms with E-state index in [0.717, 1.165) is 0 Å². The van der Waals surface area contributed by atoms with Crippen molar-refractivity contribution in [2.24, 2.45) is 5.73 Å². The van der Waals surface area contributed by atoms with Crippen molar-refractivity contribution >= 4 is 11.9 Å². The van der Waals surface area contributed by atoms with Crippen LogP contribution in [0.2, 0.25) is 0 Å². The van der Waals surface area contributed by atoms with E-state index in [1.54, 1.807) is 0 Å². The van der Waals surface area contributed by atoms with Gasteiger partial charge in [-0.3, -0.25) is 10.1 Å². The van der Waals surface area contributed by atoms with E-state index in [1.165, 1.54) is 31.2 Å². The number of primary amides is 1. The molecule has 1 atom stereocenters. The zero-order valence-electron chi connectivity index (χ0n) is 8.64. The van der Waals surface area contributed by atoms with Crippen molar-refractivity contribution < 1.29 is 19.4 Å². The number of carbonyl (C=O) groups excluding carboxylic acids is 2. The van der Waals surface area contributed by atoms with Gasteiger partial charge < -0.3 is 15.6 Å². The van der Waals surface area contributed by atoms with E-state index in [4.69, 9.17) is 15.6 Å². The lowest BCUT2D eigenvalue weighted by Gasteiger charge is -2.13. The third-order valence-electron chi connectivity index (χ3n) is 1.77. The highest BCUT2D eigenvalue weighted by Gasteiger charge is 2.15. The fraction of sp³-hybridized carbons (Fsp3) is 0.200. The fourth-order valence-electron chi connectivity index (χ4n) is 1.01. The highest BCUT2D eigenvalue weighted by Crippen LogP contribution is 2.17. The van der Waals surface area contributed by atoms with Crippen molar-refractivity contribution in [3.05, 3.63) is 24.3 Å². The summed E-state index contributed by atoms with van der Waals surface area (Å²) in [6.45, 7) is 1.48. The summed E-state index contributed by atoms with van der Waals surface area (Å²) < 4.78 is 5.20. The Kier molecular flexibility index (Phi) is 3.71.